The Morgan fingerprint density at radius 3 is 1.60 bits per heavy atom. The molecule has 5 atom stereocenters. The predicted molar refractivity (Wildman–Crippen MR) is 170 cm³/mol. The quantitative estimate of drug-likeness (QED) is 0.141. The predicted octanol–water partition coefficient (Wildman–Crippen LogP) is 6.62. The van der Waals surface area contributed by atoms with Gasteiger partial charge in [-0.2, -0.15) is 0 Å². The average molecular weight is 609 g/mol. The van der Waals surface area contributed by atoms with Crippen LogP contribution in [0.4, 0.5) is 0 Å². The van der Waals surface area contributed by atoms with Crippen molar-refractivity contribution in [3.63, 3.8) is 0 Å². The number of hydrogen-bond acceptors (Lipinski definition) is 7. The van der Waals surface area contributed by atoms with Gasteiger partial charge >= 0.3 is 0 Å². The molecule has 2 aliphatic rings. The Morgan fingerprint density at radius 1 is 0.511 bits per heavy atom. The Kier molecular flexibility index (Phi) is 11.6. The van der Waals surface area contributed by atoms with Gasteiger partial charge < -0.3 is 33.2 Å². The van der Waals surface area contributed by atoms with Crippen molar-refractivity contribution in [3.05, 3.63) is 155 Å². The summed E-state index contributed by atoms with van der Waals surface area (Å²) in [4.78, 5) is 0. The van der Waals surface area contributed by atoms with Crippen molar-refractivity contribution in [1.29, 1.82) is 0 Å². The van der Waals surface area contributed by atoms with Gasteiger partial charge in [-0.05, 0) is 33.9 Å². The zero-order valence-corrected chi connectivity index (χ0v) is 25.3. The van der Waals surface area contributed by atoms with Gasteiger partial charge in [-0.25, -0.2) is 0 Å². The molecule has 2 aliphatic heterocycles. The van der Waals surface area contributed by atoms with Crippen LogP contribution in [0.5, 0.6) is 0 Å². The van der Waals surface area contributed by atoms with Crippen molar-refractivity contribution in [3.8, 4) is 0 Å². The topological polar surface area (TPSA) is 64.6 Å². The van der Waals surface area contributed by atoms with Crippen LogP contribution in [0.1, 0.15) is 22.3 Å². The van der Waals surface area contributed by atoms with Crippen LogP contribution in [-0.2, 0) is 59.6 Å². The minimum absolute atomic E-state index is 0.283. The molecule has 0 N–H and O–H groups in total. The molecule has 7 nitrogen and oxygen atoms in total. The molecule has 4 aromatic carbocycles. The number of benzene rings is 4. The van der Waals surface area contributed by atoms with Gasteiger partial charge in [0.1, 0.15) is 18.3 Å². The molecule has 4 aromatic rings. The Hall–Kier alpha value is -3.66. The van der Waals surface area contributed by atoms with E-state index in [1.807, 2.05) is 115 Å². The second kappa shape index (κ2) is 16.6. The molecule has 2 heterocycles. The third kappa shape index (κ3) is 9.42. The van der Waals surface area contributed by atoms with E-state index in [1.54, 1.807) is 0 Å². The van der Waals surface area contributed by atoms with Gasteiger partial charge in [-0.15, -0.1) is 0 Å². The van der Waals surface area contributed by atoms with Crippen molar-refractivity contribution >= 4 is 0 Å². The van der Waals surface area contributed by atoms with Crippen LogP contribution in [-0.4, -0.2) is 50.7 Å². The first-order chi connectivity index (χ1) is 22.3. The summed E-state index contributed by atoms with van der Waals surface area (Å²) in [5.74, 6) is 0. The van der Waals surface area contributed by atoms with Crippen molar-refractivity contribution < 1.29 is 33.2 Å². The molecule has 6 rings (SSSR count). The van der Waals surface area contributed by atoms with Crippen LogP contribution in [0.3, 0.4) is 0 Å². The molecule has 0 amide bonds. The molecule has 0 bridgehead atoms. The maximum atomic E-state index is 6.67. The highest BCUT2D eigenvalue weighted by Crippen LogP contribution is 2.29. The molecule has 7 heteroatoms. The van der Waals surface area contributed by atoms with E-state index in [0.29, 0.717) is 39.6 Å². The summed E-state index contributed by atoms with van der Waals surface area (Å²) < 4.78 is 44.3. The SMILES string of the molecule is C1=C(COCc2ccccc2)COC1O[C@@H]1[C@@H](OCc2ccccc2)[C@@H](OCc2ccccc2)OC[C@H]1OCc1ccccc1. The molecule has 1 saturated heterocycles. The second-order valence-corrected chi connectivity index (χ2v) is 11.2. The number of hydrogen-bond donors (Lipinski definition) is 0. The Bertz CT molecular complexity index is 1430. The third-order valence-electron chi connectivity index (χ3n) is 7.73. The average Bonchev–Trinajstić information content (AvgIpc) is 3.55. The summed E-state index contributed by atoms with van der Waals surface area (Å²) >= 11 is 0. The van der Waals surface area contributed by atoms with Gasteiger partial charge in [-0.1, -0.05) is 121 Å². The minimum atomic E-state index is -0.672. The van der Waals surface area contributed by atoms with Crippen molar-refractivity contribution in [2.24, 2.45) is 0 Å². The first kappa shape index (κ1) is 31.3. The fraction of sp³-hybridized carbons (Fsp3) is 0.316. The lowest BCUT2D eigenvalue weighted by atomic mass is 10.0. The van der Waals surface area contributed by atoms with Crippen LogP contribution in [0.25, 0.3) is 0 Å². The molecule has 0 saturated carbocycles. The molecule has 45 heavy (non-hydrogen) atoms. The maximum absolute atomic E-state index is 6.67. The lowest BCUT2D eigenvalue weighted by Crippen LogP contribution is -2.57. The van der Waals surface area contributed by atoms with Gasteiger partial charge in [0.25, 0.3) is 0 Å². The minimum Gasteiger partial charge on any atom is -0.372 e. The van der Waals surface area contributed by atoms with E-state index >= 15 is 0 Å². The van der Waals surface area contributed by atoms with Gasteiger partial charge in [0.15, 0.2) is 12.6 Å². The summed E-state index contributed by atoms with van der Waals surface area (Å²) in [5.41, 5.74) is 5.31. The van der Waals surface area contributed by atoms with Crippen molar-refractivity contribution in [1.82, 2.24) is 0 Å². The molecule has 0 aliphatic carbocycles. The van der Waals surface area contributed by atoms with Crippen molar-refractivity contribution in [2.75, 3.05) is 19.8 Å². The first-order valence-electron chi connectivity index (χ1n) is 15.5. The standard InChI is InChI=1S/C38H40O7/c1-5-13-29(14-6-1)22-39-23-33-21-35(41-27-33)45-36-34(40-24-30-15-7-2-8-16-30)28-44-38(43-26-32-19-11-4-12-20-32)37(36)42-25-31-17-9-3-10-18-31/h1-21,34-38H,22-28H2/t34-,35?,36+,37-,38+/m1/s1. The monoisotopic (exact) mass is 608 g/mol. The van der Waals surface area contributed by atoms with Crippen LogP contribution < -0.4 is 0 Å². The van der Waals surface area contributed by atoms with E-state index in [0.717, 1.165) is 27.8 Å². The summed E-state index contributed by atoms with van der Waals surface area (Å²) in [6, 6.07) is 40.3. The summed E-state index contributed by atoms with van der Waals surface area (Å²) in [5, 5.41) is 0. The zero-order valence-electron chi connectivity index (χ0n) is 25.3. The smallest absolute Gasteiger partial charge is 0.186 e. The molecule has 1 fully saturated rings. The fourth-order valence-corrected chi connectivity index (χ4v) is 5.34. The lowest BCUT2D eigenvalue weighted by Gasteiger charge is -2.42. The van der Waals surface area contributed by atoms with E-state index in [1.165, 1.54) is 0 Å². The highest BCUT2D eigenvalue weighted by atomic mass is 16.7. The summed E-state index contributed by atoms with van der Waals surface area (Å²) in [6.45, 7) is 2.87. The maximum Gasteiger partial charge on any atom is 0.186 e. The van der Waals surface area contributed by atoms with Gasteiger partial charge in [0.05, 0.1) is 46.2 Å². The molecule has 0 aromatic heterocycles. The van der Waals surface area contributed by atoms with Gasteiger partial charge in [0, 0.05) is 0 Å². The Morgan fingerprint density at radius 2 is 1.02 bits per heavy atom. The third-order valence-corrected chi connectivity index (χ3v) is 7.73. The summed E-state index contributed by atoms with van der Waals surface area (Å²) in [7, 11) is 0. The fourth-order valence-electron chi connectivity index (χ4n) is 5.34. The van der Waals surface area contributed by atoms with Gasteiger partial charge in [-0.3, -0.25) is 0 Å². The number of rotatable bonds is 15. The Balaban J connectivity index is 1.17. The van der Waals surface area contributed by atoms with Crippen LogP contribution >= 0.6 is 0 Å². The van der Waals surface area contributed by atoms with Crippen LogP contribution in [0, 0.1) is 0 Å². The first-order valence-corrected chi connectivity index (χ1v) is 15.5. The van der Waals surface area contributed by atoms with E-state index < -0.39 is 30.9 Å². The molecule has 1 unspecified atom stereocenters. The number of ether oxygens (including phenoxy) is 7. The van der Waals surface area contributed by atoms with E-state index in [9.17, 15) is 0 Å². The van der Waals surface area contributed by atoms with Gasteiger partial charge in [0.2, 0.25) is 0 Å². The highest BCUT2D eigenvalue weighted by Gasteiger charge is 2.45. The lowest BCUT2D eigenvalue weighted by molar-refractivity contribution is -0.315. The van der Waals surface area contributed by atoms with Crippen LogP contribution in [0.15, 0.2) is 133 Å². The molecule has 234 valence electrons. The molecular weight excluding hydrogens is 568 g/mol. The van der Waals surface area contributed by atoms with Crippen LogP contribution in [0.2, 0.25) is 0 Å². The van der Waals surface area contributed by atoms with E-state index in [4.69, 9.17) is 33.2 Å². The Labute approximate surface area is 265 Å². The molecule has 0 spiro atoms. The van der Waals surface area contributed by atoms with E-state index in [-0.39, 0.29) is 6.61 Å². The zero-order chi connectivity index (χ0) is 30.5. The molecular formula is C38H40O7. The highest BCUT2D eigenvalue weighted by molar-refractivity contribution is 5.17. The second-order valence-electron chi connectivity index (χ2n) is 11.2. The largest absolute Gasteiger partial charge is 0.372 e. The normalized spacial score (nSPS) is 23.1. The molecule has 0 radical (unpaired) electrons. The van der Waals surface area contributed by atoms with Crippen molar-refractivity contribution in [2.45, 2.75) is 57.3 Å². The summed E-state index contributed by atoms with van der Waals surface area (Å²) in [6.07, 6.45) is -0.795. The van der Waals surface area contributed by atoms with E-state index in [2.05, 4.69) is 12.1 Å².